The molecule has 0 aliphatic heterocycles. The molecule has 1 aromatic rings. The Kier molecular flexibility index (Phi) is 3.23. The first-order valence-electron chi connectivity index (χ1n) is 7.38. The second kappa shape index (κ2) is 4.83. The third-order valence-corrected chi connectivity index (χ3v) is 5.10. The van der Waals surface area contributed by atoms with Crippen LogP contribution >= 0.6 is 0 Å². The highest BCUT2D eigenvalue weighted by Gasteiger charge is 2.63. The Hall–Kier alpha value is -1.91. The first-order valence-corrected chi connectivity index (χ1v) is 7.38. The van der Waals surface area contributed by atoms with E-state index in [-0.39, 0.29) is 35.1 Å². The number of nitro groups is 1. The molecular weight excluding hydrogens is 270 g/mol. The fourth-order valence-electron chi connectivity index (χ4n) is 4.22. The molecule has 1 unspecified atom stereocenters. The first kappa shape index (κ1) is 14.0. The van der Waals surface area contributed by atoms with Crippen LogP contribution in [0.15, 0.2) is 24.3 Å². The number of benzene rings is 1. The van der Waals surface area contributed by atoms with E-state index in [0.717, 1.165) is 17.5 Å². The maximum Gasteiger partial charge on any atom is 0.309 e. The third-order valence-electron chi connectivity index (χ3n) is 5.10. The second-order valence-electron chi connectivity index (χ2n) is 6.22. The standard InChI is InChI=1S/C16H19NO4/c1-3-21-15(18)13-9-16(2,17(19)20)14-11-7-5-4-6-10(11)8-12(13)14/h4-7,12-14H,3,8-9H2,1-2H3/t12-,13?,14-,16-/m1/s1. The minimum absolute atomic E-state index is 0.0168. The normalized spacial score (nSPS) is 33.3. The molecule has 1 aromatic carbocycles. The summed E-state index contributed by atoms with van der Waals surface area (Å²) in [6.45, 7) is 3.75. The molecule has 0 N–H and O–H groups in total. The minimum Gasteiger partial charge on any atom is -0.466 e. The molecule has 5 heteroatoms. The van der Waals surface area contributed by atoms with Crippen LogP contribution in [0.25, 0.3) is 0 Å². The number of ether oxygens (including phenoxy) is 1. The monoisotopic (exact) mass is 289 g/mol. The Bertz CT molecular complexity index is 600. The van der Waals surface area contributed by atoms with Crippen molar-refractivity contribution in [2.24, 2.45) is 11.8 Å². The molecule has 1 saturated carbocycles. The molecule has 21 heavy (non-hydrogen) atoms. The summed E-state index contributed by atoms with van der Waals surface area (Å²) in [7, 11) is 0. The smallest absolute Gasteiger partial charge is 0.309 e. The summed E-state index contributed by atoms with van der Waals surface area (Å²) in [6, 6.07) is 7.84. The van der Waals surface area contributed by atoms with Crippen LogP contribution in [0.2, 0.25) is 0 Å². The topological polar surface area (TPSA) is 69.4 Å². The summed E-state index contributed by atoms with van der Waals surface area (Å²) in [4.78, 5) is 23.7. The molecule has 3 rings (SSSR count). The number of nitrogens with zero attached hydrogens (tertiary/aromatic N) is 1. The Morgan fingerprint density at radius 2 is 2.19 bits per heavy atom. The van der Waals surface area contributed by atoms with E-state index < -0.39 is 5.54 Å². The molecule has 112 valence electrons. The van der Waals surface area contributed by atoms with E-state index in [1.807, 2.05) is 24.3 Å². The summed E-state index contributed by atoms with van der Waals surface area (Å²) in [5, 5.41) is 11.7. The van der Waals surface area contributed by atoms with Crippen molar-refractivity contribution in [3.8, 4) is 0 Å². The van der Waals surface area contributed by atoms with Crippen LogP contribution in [-0.2, 0) is 16.0 Å². The lowest BCUT2D eigenvalue weighted by atomic mass is 9.83. The molecule has 0 spiro atoms. The van der Waals surface area contributed by atoms with Gasteiger partial charge in [0.2, 0.25) is 5.54 Å². The van der Waals surface area contributed by atoms with E-state index in [2.05, 4.69) is 0 Å². The van der Waals surface area contributed by atoms with Gasteiger partial charge in [0.05, 0.1) is 18.4 Å². The number of rotatable bonds is 3. The highest BCUT2D eigenvalue weighted by molar-refractivity contribution is 5.74. The summed E-state index contributed by atoms with van der Waals surface area (Å²) >= 11 is 0. The molecule has 1 fully saturated rings. The molecule has 0 amide bonds. The molecular formula is C16H19NO4. The van der Waals surface area contributed by atoms with Crippen LogP contribution in [-0.4, -0.2) is 23.0 Å². The molecule has 4 atom stereocenters. The predicted molar refractivity (Wildman–Crippen MR) is 76.5 cm³/mol. The first-order chi connectivity index (χ1) is 9.99. The fourth-order valence-corrected chi connectivity index (χ4v) is 4.22. The van der Waals surface area contributed by atoms with Crippen molar-refractivity contribution < 1.29 is 14.5 Å². The van der Waals surface area contributed by atoms with E-state index in [0.29, 0.717) is 6.61 Å². The van der Waals surface area contributed by atoms with E-state index in [4.69, 9.17) is 4.74 Å². The maximum absolute atomic E-state index is 12.2. The minimum atomic E-state index is -1.09. The van der Waals surface area contributed by atoms with Crippen LogP contribution in [0.4, 0.5) is 0 Å². The highest BCUT2D eigenvalue weighted by Crippen LogP contribution is 2.57. The summed E-state index contributed by atoms with van der Waals surface area (Å²) in [6.07, 6.45) is 0.996. The number of hydrogen-bond donors (Lipinski definition) is 0. The van der Waals surface area contributed by atoms with E-state index >= 15 is 0 Å². The molecule has 0 bridgehead atoms. The van der Waals surface area contributed by atoms with Gasteiger partial charge in [-0.05, 0) is 30.4 Å². The van der Waals surface area contributed by atoms with Crippen molar-refractivity contribution in [2.45, 2.75) is 38.1 Å². The molecule has 0 saturated heterocycles. The zero-order chi connectivity index (χ0) is 15.2. The molecule has 0 heterocycles. The fraction of sp³-hybridized carbons (Fsp3) is 0.562. The third kappa shape index (κ3) is 1.94. The van der Waals surface area contributed by atoms with Gasteiger partial charge in [0.25, 0.3) is 0 Å². The average Bonchev–Trinajstić information content (AvgIpc) is 2.96. The van der Waals surface area contributed by atoms with Crippen molar-refractivity contribution in [2.75, 3.05) is 6.61 Å². The van der Waals surface area contributed by atoms with Crippen LogP contribution < -0.4 is 0 Å². The largest absolute Gasteiger partial charge is 0.466 e. The predicted octanol–water partition coefficient (Wildman–Crippen LogP) is 2.56. The summed E-state index contributed by atoms with van der Waals surface area (Å²) < 4.78 is 5.14. The lowest BCUT2D eigenvalue weighted by molar-refractivity contribution is -0.567. The van der Waals surface area contributed by atoms with Crippen LogP contribution in [0.3, 0.4) is 0 Å². The maximum atomic E-state index is 12.2. The van der Waals surface area contributed by atoms with Gasteiger partial charge in [-0.15, -0.1) is 0 Å². The van der Waals surface area contributed by atoms with Crippen LogP contribution in [0, 0.1) is 22.0 Å². The van der Waals surface area contributed by atoms with E-state index in [1.54, 1.807) is 13.8 Å². The number of esters is 1. The van der Waals surface area contributed by atoms with Crippen LogP contribution in [0.1, 0.15) is 37.3 Å². The van der Waals surface area contributed by atoms with Gasteiger partial charge in [-0.1, -0.05) is 24.3 Å². The van der Waals surface area contributed by atoms with Crippen molar-refractivity contribution >= 4 is 5.97 Å². The Balaban J connectivity index is 2.03. The lowest BCUT2D eigenvalue weighted by Crippen LogP contribution is -2.38. The van der Waals surface area contributed by atoms with Crippen molar-refractivity contribution in [3.05, 3.63) is 45.5 Å². The number of carbonyl (C=O) groups excluding carboxylic acids is 1. The van der Waals surface area contributed by atoms with Crippen molar-refractivity contribution in [1.82, 2.24) is 0 Å². The second-order valence-corrected chi connectivity index (χ2v) is 6.22. The summed E-state index contributed by atoms with van der Waals surface area (Å²) in [5.41, 5.74) is 1.08. The summed E-state index contributed by atoms with van der Waals surface area (Å²) in [5.74, 6) is -0.876. The van der Waals surface area contributed by atoms with Gasteiger partial charge >= 0.3 is 5.97 Å². The molecule has 0 radical (unpaired) electrons. The van der Waals surface area contributed by atoms with Crippen molar-refractivity contribution in [1.29, 1.82) is 0 Å². The molecule has 0 aromatic heterocycles. The number of carbonyl (C=O) groups is 1. The zero-order valence-electron chi connectivity index (χ0n) is 12.2. The number of hydrogen-bond acceptors (Lipinski definition) is 4. The Labute approximate surface area is 123 Å². The molecule has 5 nitrogen and oxygen atoms in total. The average molecular weight is 289 g/mol. The van der Waals surface area contributed by atoms with Gasteiger partial charge in [0.1, 0.15) is 0 Å². The van der Waals surface area contributed by atoms with Gasteiger partial charge in [0, 0.05) is 18.3 Å². The van der Waals surface area contributed by atoms with Gasteiger partial charge in [-0.2, -0.15) is 0 Å². The van der Waals surface area contributed by atoms with Gasteiger partial charge < -0.3 is 4.74 Å². The van der Waals surface area contributed by atoms with E-state index in [1.165, 1.54) is 0 Å². The van der Waals surface area contributed by atoms with E-state index in [9.17, 15) is 14.9 Å². The lowest BCUT2D eigenvalue weighted by Gasteiger charge is -2.23. The van der Waals surface area contributed by atoms with Gasteiger partial charge in [-0.25, -0.2) is 0 Å². The van der Waals surface area contributed by atoms with Crippen molar-refractivity contribution in [3.63, 3.8) is 0 Å². The number of fused-ring (bicyclic) bond motifs is 3. The molecule has 2 aliphatic rings. The Morgan fingerprint density at radius 1 is 1.48 bits per heavy atom. The molecule has 2 aliphatic carbocycles. The zero-order valence-corrected chi connectivity index (χ0v) is 12.2. The van der Waals surface area contributed by atoms with Gasteiger partial charge in [-0.3, -0.25) is 14.9 Å². The van der Waals surface area contributed by atoms with Gasteiger partial charge in [0.15, 0.2) is 0 Å². The van der Waals surface area contributed by atoms with Crippen LogP contribution in [0.5, 0.6) is 0 Å². The quantitative estimate of drug-likeness (QED) is 0.487. The highest BCUT2D eigenvalue weighted by atomic mass is 16.6. The Morgan fingerprint density at radius 3 is 2.86 bits per heavy atom. The SMILES string of the molecule is CCOC(=O)C1C[C@@](C)([N+](=O)[O-])[C@@H]2c3ccccc3C[C@H]12.